The molecule has 3 aromatic rings. The van der Waals surface area contributed by atoms with E-state index >= 15 is 0 Å². The molecule has 0 spiro atoms. The third kappa shape index (κ3) is 5.09. The predicted octanol–water partition coefficient (Wildman–Crippen LogP) is 4.03. The summed E-state index contributed by atoms with van der Waals surface area (Å²) in [6.45, 7) is 0. The van der Waals surface area contributed by atoms with E-state index in [1.165, 1.54) is 18.0 Å². The van der Waals surface area contributed by atoms with E-state index in [-0.39, 0.29) is 11.7 Å². The van der Waals surface area contributed by atoms with Crippen molar-refractivity contribution in [2.75, 3.05) is 5.75 Å². The standard InChI is InChI=1S/C18H15Cl2N5OS/c1-25-17(12-6-8-14(19)9-7-12)23-24-18(25)27-11-16(26)22-21-10-13-4-2-3-5-15(13)20/h2-10H,11H2,1H3,(H,22,26)/b21-10+. The Bertz CT molecular complexity index is 972. The van der Waals surface area contributed by atoms with Gasteiger partial charge in [-0.2, -0.15) is 5.10 Å². The van der Waals surface area contributed by atoms with Gasteiger partial charge in [0.1, 0.15) is 0 Å². The second-order valence-electron chi connectivity index (χ2n) is 5.48. The highest BCUT2D eigenvalue weighted by Gasteiger charge is 2.12. The van der Waals surface area contributed by atoms with Gasteiger partial charge >= 0.3 is 0 Å². The van der Waals surface area contributed by atoms with E-state index in [0.717, 1.165) is 11.1 Å². The van der Waals surface area contributed by atoms with E-state index in [1.807, 2.05) is 41.9 Å². The number of aromatic nitrogens is 3. The van der Waals surface area contributed by atoms with Gasteiger partial charge in [0.05, 0.1) is 12.0 Å². The fourth-order valence-corrected chi connectivity index (χ4v) is 3.22. The minimum Gasteiger partial charge on any atom is -0.305 e. The van der Waals surface area contributed by atoms with Crippen molar-refractivity contribution < 1.29 is 4.79 Å². The summed E-state index contributed by atoms with van der Waals surface area (Å²) >= 11 is 13.2. The van der Waals surface area contributed by atoms with Crippen LogP contribution in [-0.2, 0) is 11.8 Å². The lowest BCUT2D eigenvalue weighted by molar-refractivity contribution is -0.118. The Balaban J connectivity index is 1.56. The Morgan fingerprint density at radius 2 is 1.93 bits per heavy atom. The van der Waals surface area contributed by atoms with Gasteiger partial charge in [-0.1, -0.05) is 53.2 Å². The Morgan fingerprint density at radius 1 is 1.19 bits per heavy atom. The largest absolute Gasteiger partial charge is 0.305 e. The number of halogens is 2. The van der Waals surface area contributed by atoms with Crippen molar-refractivity contribution in [3.63, 3.8) is 0 Å². The van der Waals surface area contributed by atoms with Gasteiger partial charge in [0.2, 0.25) is 0 Å². The molecule has 138 valence electrons. The van der Waals surface area contributed by atoms with E-state index in [2.05, 4.69) is 20.7 Å². The first-order chi connectivity index (χ1) is 13.0. The summed E-state index contributed by atoms with van der Waals surface area (Å²) in [6, 6.07) is 14.6. The molecule has 0 radical (unpaired) electrons. The molecule has 2 aromatic carbocycles. The Labute approximate surface area is 170 Å². The van der Waals surface area contributed by atoms with Gasteiger partial charge in [0, 0.05) is 28.2 Å². The quantitative estimate of drug-likeness (QED) is 0.371. The summed E-state index contributed by atoms with van der Waals surface area (Å²) in [4.78, 5) is 12.0. The Hall–Kier alpha value is -2.35. The molecule has 27 heavy (non-hydrogen) atoms. The molecule has 1 N–H and O–H groups in total. The number of hydrogen-bond acceptors (Lipinski definition) is 5. The molecule has 0 saturated heterocycles. The normalized spacial score (nSPS) is 11.1. The maximum atomic E-state index is 12.0. The molecule has 0 unspecified atom stereocenters. The number of hydrazone groups is 1. The van der Waals surface area contributed by atoms with Gasteiger partial charge in [-0.25, -0.2) is 5.43 Å². The second-order valence-corrected chi connectivity index (χ2v) is 7.26. The van der Waals surface area contributed by atoms with Crippen molar-refractivity contribution in [1.29, 1.82) is 0 Å². The van der Waals surface area contributed by atoms with Crippen LogP contribution in [0.25, 0.3) is 11.4 Å². The smallest absolute Gasteiger partial charge is 0.250 e. The fraction of sp³-hybridized carbons (Fsp3) is 0.111. The first-order valence-electron chi connectivity index (χ1n) is 7.89. The molecule has 1 heterocycles. The van der Waals surface area contributed by atoms with Gasteiger partial charge in [-0.3, -0.25) is 4.79 Å². The van der Waals surface area contributed by atoms with E-state index in [4.69, 9.17) is 23.2 Å². The van der Waals surface area contributed by atoms with Gasteiger partial charge < -0.3 is 4.57 Å². The summed E-state index contributed by atoms with van der Waals surface area (Å²) in [6.07, 6.45) is 1.51. The number of carbonyl (C=O) groups excluding carboxylic acids is 1. The molecule has 0 aliphatic rings. The number of hydrogen-bond donors (Lipinski definition) is 1. The molecule has 0 aliphatic carbocycles. The molecule has 6 nitrogen and oxygen atoms in total. The highest BCUT2D eigenvalue weighted by Crippen LogP contribution is 2.23. The van der Waals surface area contributed by atoms with E-state index in [1.54, 1.807) is 18.2 Å². The summed E-state index contributed by atoms with van der Waals surface area (Å²) in [7, 11) is 1.85. The minimum atomic E-state index is -0.251. The van der Waals surface area contributed by atoms with Crippen LogP contribution < -0.4 is 5.43 Å². The summed E-state index contributed by atoms with van der Waals surface area (Å²) in [5, 5.41) is 14.1. The maximum absolute atomic E-state index is 12.0. The van der Waals surface area contributed by atoms with Crippen molar-refractivity contribution >= 4 is 47.1 Å². The first kappa shape index (κ1) is 19.4. The van der Waals surface area contributed by atoms with Crippen LogP contribution in [0.2, 0.25) is 10.0 Å². The van der Waals surface area contributed by atoms with Crippen LogP contribution in [0.1, 0.15) is 5.56 Å². The van der Waals surface area contributed by atoms with Crippen LogP contribution in [-0.4, -0.2) is 32.6 Å². The van der Waals surface area contributed by atoms with Crippen molar-refractivity contribution in [3.05, 3.63) is 64.1 Å². The first-order valence-corrected chi connectivity index (χ1v) is 9.63. The Morgan fingerprint density at radius 3 is 2.67 bits per heavy atom. The van der Waals surface area contributed by atoms with Gasteiger partial charge in [-0.05, 0) is 30.3 Å². The monoisotopic (exact) mass is 419 g/mol. The number of amides is 1. The number of thioether (sulfide) groups is 1. The van der Waals surface area contributed by atoms with Crippen molar-refractivity contribution in [2.24, 2.45) is 12.1 Å². The molecule has 0 atom stereocenters. The molecular formula is C18H15Cl2N5OS. The zero-order valence-corrected chi connectivity index (χ0v) is 16.6. The molecule has 3 rings (SSSR count). The van der Waals surface area contributed by atoms with Crippen LogP contribution >= 0.6 is 35.0 Å². The van der Waals surface area contributed by atoms with Crippen LogP contribution in [0.4, 0.5) is 0 Å². The Kier molecular flexibility index (Phi) is 6.49. The number of carbonyl (C=O) groups is 1. The van der Waals surface area contributed by atoms with Crippen molar-refractivity contribution in [1.82, 2.24) is 20.2 Å². The SMILES string of the molecule is Cn1c(SCC(=O)N/N=C/c2ccccc2Cl)nnc1-c1ccc(Cl)cc1. The third-order valence-electron chi connectivity index (χ3n) is 3.57. The second kappa shape index (κ2) is 9.03. The molecule has 0 aliphatic heterocycles. The molecule has 1 aromatic heterocycles. The highest BCUT2D eigenvalue weighted by molar-refractivity contribution is 7.99. The zero-order chi connectivity index (χ0) is 19.2. The minimum absolute atomic E-state index is 0.159. The van der Waals surface area contributed by atoms with Crippen LogP contribution in [0.5, 0.6) is 0 Å². The lowest BCUT2D eigenvalue weighted by Gasteiger charge is -2.04. The molecule has 0 bridgehead atoms. The average molecular weight is 420 g/mol. The topological polar surface area (TPSA) is 72.2 Å². The zero-order valence-electron chi connectivity index (χ0n) is 14.3. The third-order valence-corrected chi connectivity index (χ3v) is 5.18. The molecule has 0 fully saturated rings. The van der Waals surface area contributed by atoms with Crippen LogP contribution in [0.3, 0.4) is 0 Å². The molecular weight excluding hydrogens is 405 g/mol. The molecule has 0 saturated carbocycles. The van der Waals surface area contributed by atoms with Crippen LogP contribution in [0.15, 0.2) is 58.8 Å². The summed E-state index contributed by atoms with van der Waals surface area (Å²) in [5.41, 5.74) is 4.10. The van der Waals surface area contributed by atoms with Gasteiger partial charge in [0.25, 0.3) is 5.91 Å². The molecule has 9 heteroatoms. The fourth-order valence-electron chi connectivity index (χ4n) is 2.21. The van der Waals surface area contributed by atoms with E-state index in [9.17, 15) is 4.79 Å². The van der Waals surface area contributed by atoms with Crippen molar-refractivity contribution in [2.45, 2.75) is 5.16 Å². The lowest BCUT2D eigenvalue weighted by Crippen LogP contribution is -2.19. The number of rotatable bonds is 6. The maximum Gasteiger partial charge on any atom is 0.250 e. The van der Waals surface area contributed by atoms with Crippen LogP contribution in [0, 0.1) is 0 Å². The summed E-state index contributed by atoms with van der Waals surface area (Å²) < 4.78 is 1.83. The van der Waals surface area contributed by atoms with Crippen molar-refractivity contribution in [3.8, 4) is 11.4 Å². The van der Waals surface area contributed by atoms with E-state index in [0.29, 0.717) is 21.0 Å². The lowest BCUT2D eigenvalue weighted by atomic mass is 10.2. The number of nitrogens with zero attached hydrogens (tertiary/aromatic N) is 4. The average Bonchev–Trinajstić information content (AvgIpc) is 3.03. The van der Waals surface area contributed by atoms with E-state index < -0.39 is 0 Å². The number of benzene rings is 2. The molecule has 1 amide bonds. The number of nitrogens with one attached hydrogen (secondary N) is 1. The summed E-state index contributed by atoms with van der Waals surface area (Å²) in [5.74, 6) is 0.609. The predicted molar refractivity (Wildman–Crippen MR) is 109 cm³/mol. The highest BCUT2D eigenvalue weighted by atomic mass is 35.5. The van der Waals surface area contributed by atoms with Gasteiger partial charge in [-0.15, -0.1) is 10.2 Å². The van der Waals surface area contributed by atoms with Gasteiger partial charge in [0.15, 0.2) is 11.0 Å².